The zero-order chi connectivity index (χ0) is 19.1. The van der Waals surface area contributed by atoms with Crippen molar-refractivity contribution in [3.8, 4) is 0 Å². The van der Waals surface area contributed by atoms with Gasteiger partial charge in [-0.05, 0) is 30.7 Å². The minimum absolute atomic E-state index is 0.0603. The molecular weight excluding hydrogens is 354 g/mol. The van der Waals surface area contributed by atoms with Gasteiger partial charge in [0, 0.05) is 32.6 Å². The Morgan fingerprint density at radius 2 is 1.96 bits per heavy atom. The van der Waals surface area contributed by atoms with E-state index in [0.717, 1.165) is 31.3 Å². The van der Waals surface area contributed by atoms with Gasteiger partial charge in [-0.25, -0.2) is 0 Å². The van der Waals surface area contributed by atoms with Crippen molar-refractivity contribution in [3.05, 3.63) is 47.5 Å². The Bertz CT molecular complexity index is 848. The highest BCUT2D eigenvalue weighted by atomic mass is 16.3. The Morgan fingerprint density at radius 3 is 2.75 bits per heavy atom. The van der Waals surface area contributed by atoms with E-state index in [9.17, 15) is 9.90 Å². The van der Waals surface area contributed by atoms with Crippen molar-refractivity contribution in [2.75, 3.05) is 13.1 Å². The van der Waals surface area contributed by atoms with Crippen LogP contribution in [0.25, 0.3) is 0 Å². The van der Waals surface area contributed by atoms with E-state index in [1.165, 1.54) is 18.4 Å². The van der Waals surface area contributed by atoms with Gasteiger partial charge in [-0.2, -0.15) is 0 Å². The van der Waals surface area contributed by atoms with E-state index in [1.54, 1.807) is 0 Å². The molecule has 1 aliphatic carbocycles. The summed E-state index contributed by atoms with van der Waals surface area (Å²) in [5.74, 6) is 2.65. The van der Waals surface area contributed by atoms with Crippen LogP contribution < -0.4 is 0 Å². The number of aliphatic hydroxyl groups excluding tert-OH is 1. The maximum atomic E-state index is 12.4. The summed E-state index contributed by atoms with van der Waals surface area (Å²) in [7, 11) is 0. The van der Waals surface area contributed by atoms with Crippen molar-refractivity contribution in [3.63, 3.8) is 0 Å². The van der Waals surface area contributed by atoms with Crippen LogP contribution in [0, 0.1) is 5.92 Å². The number of carbonyl (C=O) groups excluding carboxylic acids is 1. The van der Waals surface area contributed by atoms with Crippen LogP contribution in [0.1, 0.15) is 48.9 Å². The molecule has 1 aromatic heterocycles. The highest BCUT2D eigenvalue weighted by molar-refractivity contribution is 5.76. The summed E-state index contributed by atoms with van der Waals surface area (Å²) in [6.07, 6.45) is 3.40. The fraction of sp³-hybridized carbons (Fsp3) is 0.571. The first-order valence-electron chi connectivity index (χ1n) is 10.3. The number of fused-ring (bicyclic) bond motifs is 1. The minimum Gasteiger partial charge on any atom is -0.392 e. The maximum Gasteiger partial charge on any atom is 0.223 e. The van der Waals surface area contributed by atoms with Crippen LogP contribution in [0.15, 0.2) is 30.3 Å². The van der Waals surface area contributed by atoms with Gasteiger partial charge >= 0.3 is 0 Å². The second kappa shape index (κ2) is 7.29. The SMILES string of the molecule is O=C(CC1CC1)N1CCn2c(nnc2[C@@H]2C[C@H](O)CN2Cc2ccccc2)C1. The highest BCUT2D eigenvalue weighted by Gasteiger charge is 2.37. The largest absolute Gasteiger partial charge is 0.392 e. The van der Waals surface area contributed by atoms with Gasteiger partial charge in [0.05, 0.1) is 18.7 Å². The predicted octanol–water partition coefficient (Wildman–Crippen LogP) is 1.73. The van der Waals surface area contributed by atoms with Gasteiger partial charge in [-0.1, -0.05) is 30.3 Å². The van der Waals surface area contributed by atoms with Gasteiger partial charge in [0.1, 0.15) is 0 Å². The molecule has 1 saturated heterocycles. The van der Waals surface area contributed by atoms with Gasteiger partial charge in [0.25, 0.3) is 0 Å². The Morgan fingerprint density at radius 1 is 1.14 bits per heavy atom. The molecule has 1 N–H and O–H groups in total. The molecule has 2 atom stereocenters. The number of hydrogen-bond acceptors (Lipinski definition) is 5. The van der Waals surface area contributed by atoms with Crippen LogP contribution in [-0.2, 0) is 24.4 Å². The predicted molar refractivity (Wildman–Crippen MR) is 103 cm³/mol. The number of benzene rings is 1. The maximum absolute atomic E-state index is 12.4. The summed E-state index contributed by atoms with van der Waals surface area (Å²) in [6, 6.07) is 10.4. The van der Waals surface area contributed by atoms with Crippen molar-refractivity contribution >= 4 is 5.91 Å². The molecule has 7 nitrogen and oxygen atoms in total. The van der Waals surface area contributed by atoms with Crippen molar-refractivity contribution in [1.82, 2.24) is 24.6 Å². The zero-order valence-electron chi connectivity index (χ0n) is 16.1. The standard InChI is InChI=1S/C21H27N5O2/c27-17-11-18(25(13-17)12-16-4-2-1-3-5-16)21-23-22-19-14-24(8-9-26(19)21)20(28)10-15-6-7-15/h1-5,15,17-18,27H,6-14H2/t17-,18-/m0/s1. The molecule has 2 aromatic rings. The first kappa shape index (κ1) is 17.8. The van der Waals surface area contributed by atoms with Crippen LogP contribution >= 0.6 is 0 Å². The van der Waals surface area contributed by atoms with Crippen molar-refractivity contribution in [2.45, 2.75) is 57.5 Å². The Hall–Kier alpha value is -2.25. The van der Waals surface area contributed by atoms with E-state index < -0.39 is 0 Å². The molecule has 3 heterocycles. The number of rotatable bonds is 5. The lowest BCUT2D eigenvalue weighted by Gasteiger charge is -2.30. The topological polar surface area (TPSA) is 74.5 Å². The summed E-state index contributed by atoms with van der Waals surface area (Å²) in [4.78, 5) is 16.7. The number of amides is 1. The number of aromatic nitrogens is 3. The van der Waals surface area contributed by atoms with Gasteiger partial charge in [-0.3, -0.25) is 9.69 Å². The molecule has 7 heteroatoms. The van der Waals surface area contributed by atoms with E-state index in [0.29, 0.717) is 31.8 Å². The van der Waals surface area contributed by atoms with Gasteiger partial charge < -0.3 is 14.6 Å². The Balaban J connectivity index is 1.32. The number of nitrogens with zero attached hydrogens (tertiary/aromatic N) is 5. The molecule has 148 valence electrons. The molecule has 28 heavy (non-hydrogen) atoms. The van der Waals surface area contributed by atoms with E-state index in [1.807, 2.05) is 23.1 Å². The quantitative estimate of drug-likeness (QED) is 0.854. The second-order valence-electron chi connectivity index (χ2n) is 8.41. The average molecular weight is 381 g/mol. The molecule has 1 saturated carbocycles. The molecule has 0 unspecified atom stereocenters. The molecule has 0 spiro atoms. The second-order valence-corrected chi connectivity index (χ2v) is 8.41. The number of carbonyl (C=O) groups is 1. The monoisotopic (exact) mass is 381 g/mol. The van der Waals surface area contributed by atoms with Gasteiger partial charge in [-0.15, -0.1) is 10.2 Å². The molecule has 1 amide bonds. The summed E-state index contributed by atoms with van der Waals surface area (Å²) < 4.78 is 2.17. The summed E-state index contributed by atoms with van der Waals surface area (Å²) in [6.45, 7) is 3.44. The lowest BCUT2D eigenvalue weighted by molar-refractivity contribution is -0.133. The van der Waals surface area contributed by atoms with Crippen LogP contribution in [0.2, 0.25) is 0 Å². The number of hydrogen-bond donors (Lipinski definition) is 1. The third kappa shape index (κ3) is 3.56. The zero-order valence-corrected chi connectivity index (χ0v) is 16.1. The van der Waals surface area contributed by atoms with Gasteiger partial charge in [0.2, 0.25) is 5.91 Å². The van der Waals surface area contributed by atoms with Crippen LogP contribution in [0.4, 0.5) is 0 Å². The van der Waals surface area contributed by atoms with Crippen molar-refractivity contribution in [1.29, 1.82) is 0 Å². The molecule has 2 aliphatic heterocycles. The van der Waals surface area contributed by atoms with E-state index in [-0.39, 0.29) is 18.1 Å². The van der Waals surface area contributed by atoms with E-state index >= 15 is 0 Å². The molecule has 2 fully saturated rings. The molecule has 1 aromatic carbocycles. The first-order chi connectivity index (χ1) is 13.7. The molecule has 0 bridgehead atoms. The van der Waals surface area contributed by atoms with Crippen molar-refractivity contribution in [2.24, 2.45) is 5.92 Å². The number of likely N-dealkylation sites (tertiary alicyclic amines) is 1. The third-order valence-electron chi connectivity index (χ3n) is 6.20. The van der Waals surface area contributed by atoms with Crippen LogP contribution in [0.5, 0.6) is 0 Å². The minimum atomic E-state index is -0.345. The first-order valence-corrected chi connectivity index (χ1v) is 10.3. The van der Waals surface area contributed by atoms with Crippen molar-refractivity contribution < 1.29 is 9.90 Å². The molecule has 5 rings (SSSR count). The van der Waals surface area contributed by atoms with E-state index in [4.69, 9.17) is 0 Å². The molecule has 0 radical (unpaired) electrons. The fourth-order valence-electron chi connectivity index (χ4n) is 4.48. The highest BCUT2D eigenvalue weighted by Crippen LogP contribution is 2.35. The average Bonchev–Trinajstić information content (AvgIpc) is 3.30. The number of β-amino-alcohol motifs (C(OH)–C–C–N with tert-alkyl or cyclic N) is 1. The summed E-state index contributed by atoms with van der Waals surface area (Å²) in [5.41, 5.74) is 1.23. The third-order valence-corrected chi connectivity index (χ3v) is 6.20. The molecule has 3 aliphatic rings. The fourth-order valence-corrected chi connectivity index (χ4v) is 4.48. The van der Waals surface area contributed by atoms with E-state index in [2.05, 4.69) is 31.8 Å². The number of aliphatic hydroxyl groups is 1. The Labute approximate surface area is 165 Å². The lowest BCUT2D eigenvalue weighted by atomic mass is 10.1. The van der Waals surface area contributed by atoms with Crippen LogP contribution in [0.3, 0.4) is 0 Å². The van der Waals surface area contributed by atoms with Crippen LogP contribution in [-0.4, -0.2) is 54.8 Å². The Kier molecular flexibility index (Phi) is 4.64. The lowest BCUT2D eigenvalue weighted by Crippen LogP contribution is -2.39. The smallest absolute Gasteiger partial charge is 0.223 e. The molecular formula is C21H27N5O2. The summed E-state index contributed by atoms with van der Waals surface area (Å²) >= 11 is 0. The summed E-state index contributed by atoms with van der Waals surface area (Å²) in [5, 5.41) is 19.2. The van der Waals surface area contributed by atoms with Gasteiger partial charge in [0.15, 0.2) is 11.6 Å². The normalized spacial score (nSPS) is 25.1.